The van der Waals surface area contributed by atoms with Crippen LogP contribution < -0.4 is 0 Å². The van der Waals surface area contributed by atoms with Gasteiger partial charge >= 0.3 is 0 Å². The molecule has 0 spiro atoms. The van der Waals surface area contributed by atoms with Crippen LogP contribution in [-0.2, 0) is 27.1 Å². The molecule has 0 saturated heterocycles. The standard InChI is InChI=1S/C40H51/c1-36(2,3)29-23-18-24-30(37(4,5)6)34(29)31-22-16-17-27-40(31,28-20-14-13-15-21-28)35-32(38(7,8)9)25-19-26-33(35)39(10,11)12/h13-21,23-27,31H,1-12H3. The molecule has 0 amide bonds. The van der Waals surface area contributed by atoms with Crippen molar-refractivity contribution < 1.29 is 0 Å². The van der Waals surface area contributed by atoms with Crippen LogP contribution in [0.2, 0.25) is 0 Å². The molecule has 0 heterocycles. The van der Waals surface area contributed by atoms with Gasteiger partial charge in [0.25, 0.3) is 0 Å². The van der Waals surface area contributed by atoms with Crippen LogP contribution in [0.25, 0.3) is 0 Å². The first-order valence-electron chi connectivity index (χ1n) is 15.0. The lowest BCUT2D eigenvalue weighted by Gasteiger charge is -2.47. The average Bonchev–Trinajstić information content (AvgIpc) is 2.86. The Morgan fingerprint density at radius 2 is 0.950 bits per heavy atom. The third-order valence-corrected chi connectivity index (χ3v) is 8.53. The van der Waals surface area contributed by atoms with E-state index in [-0.39, 0.29) is 27.6 Å². The first-order valence-corrected chi connectivity index (χ1v) is 15.0. The van der Waals surface area contributed by atoms with Crippen LogP contribution in [-0.4, -0.2) is 0 Å². The van der Waals surface area contributed by atoms with Crippen molar-refractivity contribution in [3.05, 3.63) is 130 Å². The van der Waals surface area contributed by atoms with E-state index in [4.69, 9.17) is 0 Å². The van der Waals surface area contributed by atoms with Gasteiger partial charge in [0.1, 0.15) is 0 Å². The molecule has 0 aromatic heterocycles. The van der Waals surface area contributed by atoms with Crippen LogP contribution in [0.1, 0.15) is 128 Å². The Labute approximate surface area is 245 Å². The van der Waals surface area contributed by atoms with Crippen molar-refractivity contribution in [3.63, 3.8) is 0 Å². The van der Waals surface area contributed by atoms with Crippen molar-refractivity contribution >= 4 is 0 Å². The van der Waals surface area contributed by atoms with Gasteiger partial charge in [-0.2, -0.15) is 0 Å². The van der Waals surface area contributed by atoms with Gasteiger partial charge in [-0.1, -0.05) is 168 Å². The second-order valence-electron chi connectivity index (χ2n) is 15.9. The number of benzene rings is 3. The Kier molecular flexibility index (Phi) is 7.68. The van der Waals surface area contributed by atoms with Crippen LogP contribution in [0.5, 0.6) is 0 Å². The fourth-order valence-electron chi connectivity index (χ4n) is 6.67. The summed E-state index contributed by atoms with van der Waals surface area (Å²) in [6.07, 6.45) is 10.9. The van der Waals surface area contributed by atoms with Gasteiger partial charge in [0.05, 0.1) is 0 Å². The van der Waals surface area contributed by atoms with E-state index in [1.54, 1.807) is 0 Å². The molecule has 0 aliphatic heterocycles. The zero-order chi connectivity index (χ0) is 29.7. The van der Waals surface area contributed by atoms with Crippen molar-refractivity contribution in [2.45, 2.75) is 116 Å². The number of hydrogen-bond donors (Lipinski definition) is 0. The van der Waals surface area contributed by atoms with Crippen LogP contribution >= 0.6 is 0 Å². The molecular formula is C40H51. The molecule has 1 aliphatic rings. The molecule has 0 nitrogen and oxygen atoms in total. The molecule has 2 atom stereocenters. The van der Waals surface area contributed by atoms with Crippen molar-refractivity contribution in [1.29, 1.82) is 0 Å². The highest BCUT2D eigenvalue weighted by atomic mass is 14.5. The van der Waals surface area contributed by atoms with Gasteiger partial charge in [-0.25, -0.2) is 0 Å². The lowest BCUT2D eigenvalue weighted by molar-refractivity contribution is 0.469. The van der Waals surface area contributed by atoms with E-state index in [0.29, 0.717) is 0 Å². The fraction of sp³-hybridized carbons (Fsp3) is 0.450. The van der Waals surface area contributed by atoms with Crippen LogP contribution in [0.4, 0.5) is 0 Å². The summed E-state index contributed by atoms with van der Waals surface area (Å²) in [7, 11) is 0. The maximum absolute atomic E-state index is 3.99. The Morgan fingerprint density at radius 1 is 0.525 bits per heavy atom. The van der Waals surface area contributed by atoms with Crippen LogP contribution in [0, 0.1) is 6.08 Å². The van der Waals surface area contributed by atoms with Gasteiger partial charge in [0.2, 0.25) is 0 Å². The molecule has 0 saturated carbocycles. The second-order valence-corrected chi connectivity index (χ2v) is 15.9. The molecule has 0 fully saturated rings. The average molecular weight is 532 g/mol. The van der Waals surface area contributed by atoms with Crippen molar-refractivity contribution in [2.24, 2.45) is 0 Å². The van der Waals surface area contributed by atoms with Crippen LogP contribution in [0.15, 0.2) is 85.0 Å². The van der Waals surface area contributed by atoms with E-state index in [0.717, 1.165) is 0 Å². The summed E-state index contributed by atoms with van der Waals surface area (Å²) in [5, 5.41) is 0. The molecule has 0 heteroatoms. The smallest absolute Gasteiger partial charge is 0.0500 e. The zero-order valence-corrected chi connectivity index (χ0v) is 27.2. The lowest BCUT2D eigenvalue weighted by Crippen LogP contribution is -2.41. The maximum Gasteiger partial charge on any atom is 0.0500 e. The number of hydrogen-bond acceptors (Lipinski definition) is 0. The molecule has 1 radical (unpaired) electrons. The van der Waals surface area contributed by atoms with Gasteiger partial charge in [-0.05, 0) is 66.7 Å². The van der Waals surface area contributed by atoms with Crippen molar-refractivity contribution in [3.8, 4) is 0 Å². The second kappa shape index (κ2) is 10.2. The first-order chi connectivity index (χ1) is 18.4. The Bertz CT molecular complexity index is 1340. The molecular weight excluding hydrogens is 480 g/mol. The molecule has 3 aromatic rings. The summed E-state index contributed by atoms with van der Waals surface area (Å²) in [5.41, 5.74) is 9.30. The predicted molar refractivity (Wildman–Crippen MR) is 175 cm³/mol. The molecule has 40 heavy (non-hydrogen) atoms. The largest absolute Gasteiger partial charge is 0.0686 e. The molecule has 211 valence electrons. The fourth-order valence-corrected chi connectivity index (χ4v) is 6.67. The molecule has 2 unspecified atom stereocenters. The highest BCUT2D eigenvalue weighted by Gasteiger charge is 2.48. The Hall–Kier alpha value is -2.86. The molecule has 3 aromatic carbocycles. The van der Waals surface area contributed by atoms with E-state index in [2.05, 4.69) is 174 Å². The van der Waals surface area contributed by atoms with Crippen molar-refractivity contribution in [2.75, 3.05) is 0 Å². The molecule has 0 N–H and O–H groups in total. The summed E-state index contributed by atoms with van der Waals surface area (Å²) < 4.78 is 0. The molecule has 1 aliphatic carbocycles. The summed E-state index contributed by atoms with van der Waals surface area (Å²) in [6.45, 7) is 28.3. The molecule has 0 bridgehead atoms. The lowest BCUT2D eigenvalue weighted by atomic mass is 9.55. The quantitative estimate of drug-likeness (QED) is 0.315. The zero-order valence-electron chi connectivity index (χ0n) is 27.2. The minimum absolute atomic E-state index is 0.00847. The monoisotopic (exact) mass is 531 g/mol. The van der Waals surface area contributed by atoms with E-state index >= 15 is 0 Å². The van der Waals surface area contributed by atoms with E-state index in [9.17, 15) is 0 Å². The van der Waals surface area contributed by atoms with Gasteiger partial charge in [0, 0.05) is 11.3 Å². The van der Waals surface area contributed by atoms with Gasteiger partial charge < -0.3 is 0 Å². The first kappa shape index (κ1) is 30.1. The Balaban J connectivity index is 2.29. The van der Waals surface area contributed by atoms with Gasteiger partial charge in [0.15, 0.2) is 0 Å². The SMILES string of the molecule is CC(C)(C)c1cccc(C(C)(C)C)c1C1[C]=CC=CC1(c1ccccc1)c1c(C(C)(C)C)cccc1C(C)(C)C. The molecule has 4 rings (SSSR count). The van der Waals surface area contributed by atoms with Gasteiger partial charge in [-0.3, -0.25) is 0 Å². The van der Waals surface area contributed by atoms with E-state index in [1.807, 2.05) is 0 Å². The van der Waals surface area contributed by atoms with E-state index < -0.39 is 5.41 Å². The van der Waals surface area contributed by atoms with Gasteiger partial charge in [-0.15, -0.1) is 0 Å². The third kappa shape index (κ3) is 5.39. The number of allylic oxidation sites excluding steroid dienone is 4. The summed E-state index contributed by atoms with van der Waals surface area (Å²) >= 11 is 0. The van der Waals surface area contributed by atoms with E-state index in [1.165, 1.54) is 38.9 Å². The predicted octanol–water partition coefficient (Wildman–Crippen LogP) is 10.9. The summed E-state index contributed by atoms with van der Waals surface area (Å²) in [6, 6.07) is 25.2. The Morgan fingerprint density at radius 3 is 1.38 bits per heavy atom. The van der Waals surface area contributed by atoms with Crippen LogP contribution in [0.3, 0.4) is 0 Å². The minimum Gasteiger partial charge on any atom is -0.0686 e. The highest BCUT2D eigenvalue weighted by molar-refractivity contribution is 5.62. The van der Waals surface area contributed by atoms with Crippen molar-refractivity contribution in [1.82, 2.24) is 0 Å². The highest BCUT2D eigenvalue weighted by Crippen LogP contribution is 2.56. The normalized spacial score (nSPS) is 20.1. The number of rotatable bonds is 3. The topological polar surface area (TPSA) is 0 Å². The summed E-state index contributed by atoms with van der Waals surface area (Å²) in [5.74, 6) is 0.00847. The third-order valence-electron chi connectivity index (χ3n) is 8.53. The maximum atomic E-state index is 3.99. The minimum atomic E-state index is -0.427. The summed E-state index contributed by atoms with van der Waals surface area (Å²) in [4.78, 5) is 0.